The number of aromatic nitrogens is 4. The van der Waals surface area contributed by atoms with Gasteiger partial charge in [-0.05, 0) is 12.5 Å². The van der Waals surface area contributed by atoms with Gasteiger partial charge in [0.2, 0.25) is 0 Å². The first kappa shape index (κ1) is 18.3. The van der Waals surface area contributed by atoms with E-state index in [1.165, 1.54) is 11.3 Å². The second-order valence-corrected chi connectivity index (χ2v) is 8.22. The lowest BCUT2D eigenvalue weighted by Gasteiger charge is -2.06. The fourth-order valence-corrected chi connectivity index (χ4v) is 4.97. The van der Waals surface area contributed by atoms with Crippen LogP contribution in [0.15, 0.2) is 52.0 Å². The summed E-state index contributed by atoms with van der Waals surface area (Å²) in [5, 5.41) is 4.09. The number of thioether (sulfide) groups is 1. The number of aryl methyl sites for hydroxylation is 1. The highest BCUT2D eigenvalue weighted by molar-refractivity contribution is 7.98. The smallest absolute Gasteiger partial charge is 0.260 e. The van der Waals surface area contributed by atoms with E-state index in [2.05, 4.69) is 26.4 Å². The predicted octanol–water partition coefficient (Wildman–Crippen LogP) is 5.20. The van der Waals surface area contributed by atoms with Crippen LogP contribution in [0, 0.1) is 0 Å². The number of nitrogens with one attached hydrogen (secondary N) is 1. The molecule has 0 spiro atoms. The molecule has 138 valence electrons. The molecule has 0 amide bonds. The fourth-order valence-electron chi connectivity index (χ4n) is 2.92. The topological polar surface area (TPSA) is 63.6 Å². The van der Waals surface area contributed by atoms with Gasteiger partial charge in [0.25, 0.3) is 5.56 Å². The summed E-state index contributed by atoms with van der Waals surface area (Å²) in [6.07, 6.45) is 4.82. The summed E-state index contributed by atoms with van der Waals surface area (Å²) >= 11 is 9.34. The van der Waals surface area contributed by atoms with Crippen LogP contribution >= 0.6 is 34.7 Å². The van der Waals surface area contributed by atoms with Crippen LogP contribution in [0.2, 0.25) is 5.02 Å². The van der Waals surface area contributed by atoms with E-state index >= 15 is 0 Å². The Hall–Kier alpha value is -2.09. The van der Waals surface area contributed by atoms with Crippen molar-refractivity contribution < 1.29 is 0 Å². The molecule has 0 aliphatic rings. The molecule has 4 rings (SSSR count). The largest absolute Gasteiger partial charge is 0.326 e. The molecule has 0 saturated carbocycles. The molecule has 3 aromatic heterocycles. The maximum atomic E-state index is 12.7. The van der Waals surface area contributed by atoms with Crippen LogP contribution in [0.3, 0.4) is 0 Å². The van der Waals surface area contributed by atoms with E-state index in [4.69, 9.17) is 11.6 Å². The Morgan fingerprint density at radius 2 is 2.15 bits per heavy atom. The van der Waals surface area contributed by atoms with Gasteiger partial charge in [-0.15, -0.1) is 11.3 Å². The molecule has 0 aliphatic heterocycles. The molecule has 0 bridgehead atoms. The lowest BCUT2D eigenvalue weighted by Crippen LogP contribution is -2.11. The van der Waals surface area contributed by atoms with Crippen LogP contribution < -0.4 is 5.56 Å². The van der Waals surface area contributed by atoms with Crippen LogP contribution in [0.1, 0.15) is 19.2 Å². The van der Waals surface area contributed by atoms with Crippen LogP contribution in [0.5, 0.6) is 0 Å². The third-order valence-corrected chi connectivity index (χ3v) is 6.35. The summed E-state index contributed by atoms with van der Waals surface area (Å²) in [7, 11) is 0. The van der Waals surface area contributed by atoms with E-state index in [0.29, 0.717) is 22.0 Å². The number of aromatic amines is 1. The molecule has 0 saturated heterocycles. The monoisotopic (exact) mass is 416 g/mol. The minimum absolute atomic E-state index is 0.135. The molecule has 27 heavy (non-hydrogen) atoms. The number of fused-ring (bicyclic) bond motifs is 1. The molecule has 0 unspecified atom stereocenters. The predicted molar refractivity (Wildman–Crippen MR) is 113 cm³/mol. The molecule has 0 aliphatic carbocycles. The van der Waals surface area contributed by atoms with Gasteiger partial charge in [-0.1, -0.05) is 48.5 Å². The van der Waals surface area contributed by atoms with E-state index in [9.17, 15) is 4.79 Å². The van der Waals surface area contributed by atoms with Crippen molar-refractivity contribution in [3.05, 3.63) is 63.2 Å². The summed E-state index contributed by atoms with van der Waals surface area (Å²) < 4.78 is 2.11. The first-order chi connectivity index (χ1) is 13.2. The van der Waals surface area contributed by atoms with Crippen molar-refractivity contribution in [2.45, 2.75) is 30.8 Å². The summed E-state index contributed by atoms with van der Waals surface area (Å²) in [4.78, 5) is 25.4. The van der Waals surface area contributed by atoms with Gasteiger partial charge in [0, 0.05) is 40.5 Å². The molecule has 4 aromatic rings. The number of imidazole rings is 1. The number of halogens is 1. The van der Waals surface area contributed by atoms with Gasteiger partial charge >= 0.3 is 0 Å². The van der Waals surface area contributed by atoms with Gasteiger partial charge in [0.05, 0.1) is 11.1 Å². The highest BCUT2D eigenvalue weighted by atomic mass is 35.5. The third kappa shape index (κ3) is 3.67. The van der Waals surface area contributed by atoms with Crippen molar-refractivity contribution in [1.29, 1.82) is 0 Å². The number of rotatable bonds is 6. The van der Waals surface area contributed by atoms with E-state index in [1.54, 1.807) is 18.0 Å². The van der Waals surface area contributed by atoms with Gasteiger partial charge in [-0.25, -0.2) is 9.97 Å². The van der Waals surface area contributed by atoms with Crippen molar-refractivity contribution in [2.24, 2.45) is 0 Å². The van der Waals surface area contributed by atoms with E-state index in [0.717, 1.165) is 34.1 Å². The summed E-state index contributed by atoms with van der Waals surface area (Å²) in [6.45, 7) is 3.06. The zero-order chi connectivity index (χ0) is 18.8. The van der Waals surface area contributed by atoms with Crippen molar-refractivity contribution in [3.8, 4) is 11.1 Å². The van der Waals surface area contributed by atoms with Crippen molar-refractivity contribution in [2.75, 3.05) is 0 Å². The average molecular weight is 417 g/mol. The van der Waals surface area contributed by atoms with Crippen LogP contribution in [-0.2, 0) is 12.3 Å². The first-order valence-electron chi connectivity index (χ1n) is 8.56. The molecule has 1 N–H and O–H groups in total. The van der Waals surface area contributed by atoms with E-state index in [-0.39, 0.29) is 5.56 Å². The minimum atomic E-state index is -0.135. The summed E-state index contributed by atoms with van der Waals surface area (Å²) in [6, 6.07) is 7.53. The Balaban J connectivity index is 1.64. The summed E-state index contributed by atoms with van der Waals surface area (Å²) in [5.41, 5.74) is 1.54. The summed E-state index contributed by atoms with van der Waals surface area (Å²) in [5.74, 6) is 1.21. The Bertz CT molecular complexity index is 1150. The highest BCUT2D eigenvalue weighted by Crippen LogP contribution is 2.35. The Morgan fingerprint density at radius 3 is 2.96 bits per heavy atom. The number of benzene rings is 1. The number of thiophene rings is 1. The van der Waals surface area contributed by atoms with Gasteiger partial charge in [-0.3, -0.25) is 4.79 Å². The SMILES string of the molecule is CCCn1ccnc1SCc1nc2scc(-c3ccccc3Cl)c2c(=O)[nH]1. The molecule has 3 heterocycles. The quantitative estimate of drug-likeness (QED) is 0.438. The highest BCUT2D eigenvalue weighted by Gasteiger charge is 2.15. The van der Waals surface area contributed by atoms with E-state index < -0.39 is 0 Å². The van der Waals surface area contributed by atoms with Crippen LogP contribution in [0.4, 0.5) is 0 Å². The maximum absolute atomic E-state index is 12.7. The van der Waals surface area contributed by atoms with Crippen molar-refractivity contribution >= 4 is 44.9 Å². The zero-order valence-electron chi connectivity index (χ0n) is 14.6. The van der Waals surface area contributed by atoms with Crippen LogP contribution in [0.25, 0.3) is 21.3 Å². The average Bonchev–Trinajstić information content (AvgIpc) is 3.28. The maximum Gasteiger partial charge on any atom is 0.260 e. The molecule has 1 aromatic carbocycles. The van der Waals surface area contributed by atoms with Gasteiger partial charge in [0.15, 0.2) is 5.16 Å². The lowest BCUT2D eigenvalue weighted by atomic mass is 10.1. The third-order valence-electron chi connectivity index (χ3n) is 4.14. The van der Waals surface area contributed by atoms with Crippen molar-refractivity contribution in [3.63, 3.8) is 0 Å². The van der Waals surface area contributed by atoms with Gasteiger partial charge in [0.1, 0.15) is 10.7 Å². The molecule has 5 nitrogen and oxygen atoms in total. The van der Waals surface area contributed by atoms with E-state index in [1.807, 2.05) is 35.8 Å². The Kier molecular flexibility index (Phi) is 5.33. The lowest BCUT2D eigenvalue weighted by molar-refractivity contribution is 0.620. The standard InChI is InChI=1S/C19H17ClN4OS2/c1-2-8-24-9-7-21-19(24)27-11-15-22-17(25)16-13(10-26-18(16)23-15)12-5-3-4-6-14(12)20/h3-7,9-10H,2,8,11H2,1H3,(H,22,23,25). The molecule has 0 fully saturated rings. The first-order valence-corrected chi connectivity index (χ1v) is 10.8. The molecule has 0 radical (unpaired) electrons. The Labute approximate surface area is 169 Å². The number of hydrogen-bond acceptors (Lipinski definition) is 5. The number of H-pyrrole nitrogens is 1. The molecular weight excluding hydrogens is 400 g/mol. The second kappa shape index (κ2) is 7.88. The number of nitrogens with zero attached hydrogens (tertiary/aromatic N) is 3. The minimum Gasteiger partial charge on any atom is -0.326 e. The molecule has 8 heteroatoms. The number of hydrogen-bond donors (Lipinski definition) is 1. The molecule has 0 atom stereocenters. The second-order valence-electron chi connectivity index (χ2n) is 6.01. The Morgan fingerprint density at radius 1 is 1.30 bits per heavy atom. The van der Waals surface area contributed by atoms with Crippen LogP contribution in [-0.4, -0.2) is 19.5 Å². The van der Waals surface area contributed by atoms with Crippen molar-refractivity contribution in [1.82, 2.24) is 19.5 Å². The fraction of sp³-hybridized carbons (Fsp3) is 0.211. The molecular formula is C19H17ClN4OS2. The zero-order valence-corrected chi connectivity index (χ0v) is 17.0. The van der Waals surface area contributed by atoms with Gasteiger partial charge in [-0.2, -0.15) is 0 Å². The normalized spacial score (nSPS) is 11.3. The van der Waals surface area contributed by atoms with Gasteiger partial charge < -0.3 is 9.55 Å².